The van der Waals surface area contributed by atoms with E-state index in [1.165, 1.54) is 0 Å². The fourth-order valence-electron chi connectivity index (χ4n) is 2.16. The van der Waals surface area contributed by atoms with Gasteiger partial charge in [0.2, 0.25) is 17.7 Å². The Morgan fingerprint density at radius 3 is 2.60 bits per heavy atom. The Bertz CT molecular complexity index is 470. The summed E-state index contributed by atoms with van der Waals surface area (Å²) >= 11 is 0. The van der Waals surface area contributed by atoms with Crippen molar-refractivity contribution in [3.63, 3.8) is 0 Å². The first kappa shape index (κ1) is 14.5. The van der Waals surface area contributed by atoms with Gasteiger partial charge in [-0.2, -0.15) is 0 Å². The number of imide groups is 2. The fourth-order valence-corrected chi connectivity index (χ4v) is 2.16. The van der Waals surface area contributed by atoms with Crippen LogP contribution in [0.5, 0.6) is 0 Å². The zero-order chi connectivity index (χ0) is 14.9. The second kappa shape index (κ2) is 5.22. The molecule has 0 aromatic rings. The molecule has 1 aliphatic carbocycles. The van der Waals surface area contributed by atoms with Gasteiger partial charge in [0.15, 0.2) is 0 Å². The average molecular weight is 281 g/mol. The monoisotopic (exact) mass is 281 g/mol. The van der Waals surface area contributed by atoms with Gasteiger partial charge in [0.25, 0.3) is 0 Å². The smallest absolute Gasteiger partial charge is 0.330 e. The Morgan fingerprint density at radius 1 is 1.40 bits per heavy atom. The van der Waals surface area contributed by atoms with Crippen LogP contribution >= 0.6 is 0 Å². The van der Waals surface area contributed by atoms with Gasteiger partial charge in [-0.3, -0.25) is 24.6 Å². The van der Waals surface area contributed by atoms with Crippen molar-refractivity contribution in [1.82, 2.24) is 15.5 Å². The van der Waals surface area contributed by atoms with Gasteiger partial charge in [-0.1, -0.05) is 6.92 Å². The molecule has 5 amide bonds. The predicted octanol–water partition coefficient (Wildman–Crippen LogP) is 0.150. The SMILES string of the molecule is CCC(C)NC(=O)CCN1C(=O)NC(=O)C2(CC2)C1=O. The van der Waals surface area contributed by atoms with E-state index >= 15 is 0 Å². The van der Waals surface area contributed by atoms with Crippen molar-refractivity contribution in [2.45, 2.75) is 45.6 Å². The van der Waals surface area contributed by atoms with Crippen molar-refractivity contribution >= 4 is 23.8 Å². The van der Waals surface area contributed by atoms with Crippen molar-refractivity contribution in [2.24, 2.45) is 5.41 Å². The molecule has 1 aliphatic heterocycles. The normalized spacial score (nSPS) is 21.7. The number of urea groups is 1. The van der Waals surface area contributed by atoms with E-state index in [9.17, 15) is 19.2 Å². The maximum atomic E-state index is 12.1. The molecule has 0 aromatic heterocycles. The van der Waals surface area contributed by atoms with Crippen LogP contribution in [-0.2, 0) is 14.4 Å². The molecule has 1 heterocycles. The lowest BCUT2D eigenvalue weighted by Crippen LogP contribution is -2.59. The van der Waals surface area contributed by atoms with E-state index in [1.54, 1.807) is 0 Å². The highest BCUT2D eigenvalue weighted by Crippen LogP contribution is 2.48. The first-order chi connectivity index (χ1) is 9.40. The molecular formula is C13H19N3O4. The van der Waals surface area contributed by atoms with Gasteiger partial charge in [-0.25, -0.2) is 4.79 Å². The average Bonchev–Trinajstić information content (AvgIpc) is 3.18. The first-order valence-electron chi connectivity index (χ1n) is 6.87. The lowest BCUT2D eigenvalue weighted by atomic mass is 10.0. The zero-order valence-electron chi connectivity index (χ0n) is 11.7. The second-order valence-corrected chi connectivity index (χ2v) is 5.42. The summed E-state index contributed by atoms with van der Waals surface area (Å²) in [6, 6.07) is -0.668. The molecule has 0 radical (unpaired) electrons. The van der Waals surface area contributed by atoms with Crippen LogP contribution in [0.2, 0.25) is 0 Å². The summed E-state index contributed by atoms with van der Waals surface area (Å²) in [6.07, 6.45) is 1.81. The highest BCUT2D eigenvalue weighted by Gasteiger charge is 2.62. The zero-order valence-corrected chi connectivity index (χ0v) is 11.7. The Kier molecular flexibility index (Phi) is 3.78. The second-order valence-electron chi connectivity index (χ2n) is 5.42. The van der Waals surface area contributed by atoms with Gasteiger partial charge < -0.3 is 5.32 Å². The third-order valence-electron chi connectivity index (χ3n) is 3.89. The van der Waals surface area contributed by atoms with Gasteiger partial charge in [-0.05, 0) is 26.2 Å². The molecule has 7 nitrogen and oxygen atoms in total. The molecule has 0 aromatic carbocycles. The largest absolute Gasteiger partial charge is 0.354 e. The van der Waals surface area contributed by atoms with Crippen molar-refractivity contribution in [3.05, 3.63) is 0 Å². The van der Waals surface area contributed by atoms with Gasteiger partial charge in [0.05, 0.1) is 0 Å². The number of amides is 5. The van der Waals surface area contributed by atoms with Crippen molar-refractivity contribution < 1.29 is 19.2 Å². The van der Waals surface area contributed by atoms with Gasteiger partial charge in [-0.15, -0.1) is 0 Å². The number of barbiturate groups is 1. The molecule has 110 valence electrons. The van der Waals surface area contributed by atoms with Gasteiger partial charge in [0, 0.05) is 19.0 Å². The molecule has 1 atom stereocenters. The summed E-state index contributed by atoms with van der Waals surface area (Å²) in [5.74, 6) is -1.18. The quantitative estimate of drug-likeness (QED) is 0.701. The van der Waals surface area contributed by atoms with Crippen LogP contribution in [0.1, 0.15) is 39.5 Å². The van der Waals surface area contributed by atoms with Crippen molar-refractivity contribution in [2.75, 3.05) is 6.54 Å². The van der Waals surface area contributed by atoms with E-state index in [-0.39, 0.29) is 24.9 Å². The molecular weight excluding hydrogens is 262 g/mol. The number of carbonyl (C=O) groups excluding carboxylic acids is 4. The summed E-state index contributed by atoms with van der Waals surface area (Å²) < 4.78 is 0. The topological polar surface area (TPSA) is 95.6 Å². The van der Waals surface area contributed by atoms with Crippen molar-refractivity contribution in [3.8, 4) is 0 Å². The van der Waals surface area contributed by atoms with Gasteiger partial charge in [0.1, 0.15) is 5.41 Å². The van der Waals surface area contributed by atoms with Crippen LogP contribution in [0.4, 0.5) is 4.79 Å². The number of rotatable bonds is 5. The summed E-state index contributed by atoms with van der Waals surface area (Å²) in [6.45, 7) is 3.84. The molecule has 1 unspecified atom stereocenters. The van der Waals surface area contributed by atoms with Crippen LogP contribution < -0.4 is 10.6 Å². The highest BCUT2D eigenvalue weighted by molar-refractivity contribution is 6.20. The van der Waals surface area contributed by atoms with Crippen LogP contribution in [0.3, 0.4) is 0 Å². The summed E-state index contributed by atoms with van der Waals surface area (Å²) in [4.78, 5) is 48.0. The first-order valence-corrected chi connectivity index (χ1v) is 6.87. The number of nitrogens with one attached hydrogen (secondary N) is 2. The Balaban J connectivity index is 1.92. The summed E-state index contributed by atoms with van der Waals surface area (Å²) in [5, 5.41) is 4.95. The lowest BCUT2D eigenvalue weighted by molar-refractivity contribution is -0.144. The maximum absolute atomic E-state index is 12.1. The fraction of sp³-hybridized carbons (Fsp3) is 0.692. The summed E-state index contributed by atoms with van der Waals surface area (Å²) in [5.41, 5.74) is -1.04. The molecule has 2 fully saturated rings. The number of hydrogen-bond acceptors (Lipinski definition) is 4. The molecule has 7 heteroatoms. The minimum atomic E-state index is -1.04. The molecule has 2 aliphatic rings. The van der Waals surface area contributed by atoms with Crippen molar-refractivity contribution in [1.29, 1.82) is 0 Å². The minimum absolute atomic E-state index is 0.00195. The third-order valence-corrected chi connectivity index (χ3v) is 3.89. The molecule has 2 rings (SSSR count). The van der Waals surface area contributed by atoms with Crippen LogP contribution in [0.25, 0.3) is 0 Å². The number of hydrogen-bond donors (Lipinski definition) is 2. The molecule has 20 heavy (non-hydrogen) atoms. The predicted molar refractivity (Wildman–Crippen MR) is 69.4 cm³/mol. The van der Waals surface area contributed by atoms with Crippen LogP contribution in [0.15, 0.2) is 0 Å². The standard InChI is InChI=1S/C13H19N3O4/c1-3-8(2)14-9(17)4-7-16-11(19)13(5-6-13)10(18)15-12(16)20/h8H,3-7H2,1-2H3,(H,14,17)(H,15,18,20). The maximum Gasteiger partial charge on any atom is 0.330 e. The molecule has 1 spiro atoms. The van der Waals surface area contributed by atoms with Crippen LogP contribution in [0, 0.1) is 5.41 Å². The third kappa shape index (κ3) is 2.52. The Morgan fingerprint density at radius 2 is 2.05 bits per heavy atom. The van der Waals surface area contributed by atoms with E-state index in [0.29, 0.717) is 12.8 Å². The van der Waals surface area contributed by atoms with E-state index in [0.717, 1.165) is 11.3 Å². The van der Waals surface area contributed by atoms with Crippen LogP contribution in [-0.4, -0.2) is 41.2 Å². The molecule has 2 N–H and O–H groups in total. The van der Waals surface area contributed by atoms with E-state index in [2.05, 4.69) is 10.6 Å². The molecule has 0 bridgehead atoms. The Hall–Kier alpha value is -1.92. The van der Waals surface area contributed by atoms with Gasteiger partial charge >= 0.3 is 6.03 Å². The molecule has 1 saturated heterocycles. The number of nitrogens with zero attached hydrogens (tertiary/aromatic N) is 1. The highest BCUT2D eigenvalue weighted by atomic mass is 16.2. The number of carbonyl (C=O) groups is 4. The molecule has 1 saturated carbocycles. The lowest BCUT2D eigenvalue weighted by Gasteiger charge is -2.30. The van der Waals surface area contributed by atoms with E-state index in [1.807, 2.05) is 13.8 Å². The minimum Gasteiger partial charge on any atom is -0.354 e. The summed E-state index contributed by atoms with van der Waals surface area (Å²) in [7, 11) is 0. The Labute approximate surface area is 117 Å². The van der Waals surface area contributed by atoms with E-state index < -0.39 is 23.3 Å². The van der Waals surface area contributed by atoms with E-state index in [4.69, 9.17) is 0 Å².